The van der Waals surface area contributed by atoms with Crippen molar-refractivity contribution in [1.29, 1.82) is 5.26 Å². The van der Waals surface area contributed by atoms with Crippen LogP contribution in [0.3, 0.4) is 0 Å². The minimum Gasteiger partial charge on any atom is -0.310 e. The molecule has 3 aliphatic rings. The standard InChI is InChI=1S/C30H38N4O.ClH/c31-19-9-10-20-33-28-16-8-7-15-27(28)29(25-13-5-2-6-14-25)34(30(33)35)26-17-21-32(22-18-26)23-24-11-3-1-4-12-24;/h2,5-8,13-16,24,26,29H,1,3-4,9-12,17-18,20-23H2;1H. The number of amides is 2. The second-order valence-electron chi connectivity index (χ2n) is 10.5. The second kappa shape index (κ2) is 12.6. The Bertz CT molecular complexity index is 1020. The first-order valence-corrected chi connectivity index (χ1v) is 13.6. The number of para-hydroxylation sites is 1. The van der Waals surface area contributed by atoms with Gasteiger partial charge in [0.15, 0.2) is 0 Å². The molecule has 0 spiro atoms. The Morgan fingerprint density at radius 2 is 1.58 bits per heavy atom. The predicted octanol–water partition coefficient (Wildman–Crippen LogP) is 6.79. The van der Waals surface area contributed by atoms with E-state index in [4.69, 9.17) is 5.26 Å². The minimum absolute atomic E-state index is 0. The van der Waals surface area contributed by atoms with Crippen LogP contribution in [0, 0.1) is 17.2 Å². The van der Waals surface area contributed by atoms with E-state index in [2.05, 4.69) is 58.3 Å². The van der Waals surface area contributed by atoms with Gasteiger partial charge in [-0.3, -0.25) is 4.90 Å². The van der Waals surface area contributed by atoms with Gasteiger partial charge in [0.2, 0.25) is 0 Å². The third kappa shape index (κ3) is 5.71. The van der Waals surface area contributed by atoms with Crippen LogP contribution < -0.4 is 4.90 Å². The Morgan fingerprint density at radius 3 is 2.31 bits per heavy atom. The molecule has 5 nitrogen and oxygen atoms in total. The zero-order chi connectivity index (χ0) is 24.0. The van der Waals surface area contributed by atoms with Crippen molar-refractivity contribution in [3.05, 3.63) is 65.7 Å². The van der Waals surface area contributed by atoms with E-state index in [1.165, 1.54) is 49.8 Å². The number of nitriles is 1. The van der Waals surface area contributed by atoms with E-state index in [1.807, 2.05) is 17.0 Å². The number of halogens is 1. The molecule has 192 valence electrons. The van der Waals surface area contributed by atoms with Crippen molar-refractivity contribution in [3.8, 4) is 6.07 Å². The van der Waals surface area contributed by atoms with Gasteiger partial charge in [0.25, 0.3) is 0 Å². The number of rotatable bonds is 7. The molecule has 0 radical (unpaired) electrons. The van der Waals surface area contributed by atoms with Crippen molar-refractivity contribution in [2.24, 2.45) is 5.92 Å². The monoisotopic (exact) mass is 506 g/mol. The van der Waals surface area contributed by atoms with Gasteiger partial charge in [-0.2, -0.15) is 5.26 Å². The van der Waals surface area contributed by atoms with E-state index in [0.717, 1.165) is 37.5 Å². The maximum atomic E-state index is 14.1. The van der Waals surface area contributed by atoms with Gasteiger partial charge >= 0.3 is 6.03 Å². The smallest absolute Gasteiger partial charge is 0.310 e. The zero-order valence-corrected chi connectivity index (χ0v) is 22.0. The molecule has 5 rings (SSSR count). The molecule has 2 fully saturated rings. The lowest BCUT2D eigenvalue weighted by atomic mass is 9.87. The molecular formula is C30H39ClN4O. The Morgan fingerprint density at radius 1 is 0.889 bits per heavy atom. The fourth-order valence-electron chi connectivity index (χ4n) is 6.46. The van der Waals surface area contributed by atoms with Gasteiger partial charge in [0.05, 0.1) is 17.8 Å². The molecule has 2 amide bonds. The van der Waals surface area contributed by atoms with Crippen LogP contribution in [0.25, 0.3) is 0 Å². The molecule has 6 heteroatoms. The summed E-state index contributed by atoms with van der Waals surface area (Å²) in [6.45, 7) is 3.96. The number of carbonyl (C=O) groups excluding carboxylic acids is 1. The van der Waals surface area contributed by atoms with Crippen LogP contribution >= 0.6 is 12.4 Å². The first kappa shape index (κ1) is 26.5. The average molecular weight is 507 g/mol. The summed E-state index contributed by atoms with van der Waals surface area (Å²) >= 11 is 0. The number of hydrogen-bond donors (Lipinski definition) is 0. The Balaban J connectivity index is 0.00000304. The number of benzene rings is 2. The number of unbranched alkanes of at least 4 members (excludes halogenated alkanes) is 1. The number of anilines is 1. The number of fused-ring (bicyclic) bond motifs is 1. The molecule has 0 N–H and O–H groups in total. The molecule has 2 heterocycles. The quantitative estimate of drug-likeness (QED) is 0.388. The molecule has 36 heavy (non-hydrogen) atoms. The Labute approximate surface area is 222 Å². The third-order valence-electron chi connectivity index (χ3n) is 8.23. The second-order valence-corrected chi connectivity index (χ2v) is 10.5. The van der Waals surface area contributed by atoms with Crippen LogP contribution in [0.5, 0.6) is 0 Å². The number of nitrogens with zero attached hydrogens (tertiary/aromatic N) is 4. The van der Waals surface area contributed by atoms with E-state index < -0.39 is 0 Å². The van der Waals surface area contributed by atoms with Gasteiger partial charge in [0, 0.05) is 44.2 Å². The molecule has 1 saturated carbocycles. The molecule has 1 saturated heterocycles. The van der Waals surface area contributed by atoms with Gasteiger partial charge in [-0.15, -0.1) is 12.4 Å². The third-order valence-corrected chi connectivity index (χ3v) is 8.23. The summed E-state index contributed by atoms with van der Waals surface area (Å²) in [4.78, 5) is 20.9. The van der Waals surface area contributed by atoms with E-state index >= 15 is 0 Å². The molecule has 2 aromatic carbocycles. The highest BCUT2D eigenvalue weighted by molar-refractivity contribution is 5.96. The van der Waals surface area contributed by atoms with Crippen molar-refractivity contribution >= 4 is 24.1 Å². The molecule has 1 aliphatic carbocycles. The summed E-state index contributed by atoms with van der Waals surface area (Å²) in [5.74, 6) is 0.858. The van der Waals surface area contributed by atoms with Crippen molar-refractivity contribution in [1.82, 2.24) is 9.80 Å². The van der Waals surface area contributed by atoms with Gasteiger partial charge in [-0.1, -0.05) is 67.8 Å². The number of hydrogen-bond acceptors (Lipinski definition) is 3. The van der Waals surface area contributed by atoms with Crippen LogP contribution in [0.15, 0.2) is 54.6 Å². The fraction of sp³-hybridized carbons (Fsp3) is 0.533. The minimum atomic E-state index is -0.0676. The van der Waals surface area contributed by atoms with Gasteiger partial charge in [0.1, 0.15) is 0 Å². The Hall–Kier alpha value is -2.55. The highest BCUT2D eigenvalue weighted by Crippen LogP contribution is 2.43. The summed E-state index contributed by atoms with van der Waals surface area (Å²) in [5, 5.41) is 9.08. The largest absolute Gasteiger partial charge is 0.325 e. The van der Waals surface area contributed by atoms with Gasteiger partial charge in [-0.25, -0.2) is 4.79 Å². The topological polar surface area (TPSA) is 50.6 Å². The first-order valence-electron chi connectivity index (χ1n) is 13.6. The highest BCUT2D eigenvalue weighted by Gasteiger charge is 2.42. The molecular weight excluding hydrogens is 468 g/mol. The number of urea groups is 1. The fourth-order valence-corrected chi connectivity index (χ4v) is 6.46. The van der Waals surface area contributed by atoms with Crippen LogP contribution in [0.4, 0.5) is 10.5 Å². The summed E-state index contributed by atoms with van der Waals surface area (Å²) in [7, 11) is 0. The number of piperidine rings is 1. The lowest BCUT2D eigenvalue weighted by Crippen LogP contribution is -2.56. The molecule has 0 bridgehead atoms. The summed E-state index contributed by atoms with van der Waals surface area (Å²) in [6.07, 6.45) is 10.2. The predicted molar refractivity (Wildman–Crippen MR) is 147 cm³/mol. The summed E-state index contributed by atoms with van der Waals surface area (Å²) in [6, 6.07) is 21.4. The Kier molecular flexibility index (Phi) is 9.29. The average Bonchev–Trinajstić information content (AvgIpc) is 2.91. The van der Waals surface area contributed by atoms with Gasteiger partial charge in [-0.05, 0) is 49.7 Å². The molecule has 1 unspecified atom stereocenters. The van der Waals surface area contributed by atoms with Crippen LogP contribution in [0.2, 0.25) is 0 Å². The molecule has 1 atom stereocenters. The van der Waals surface area contributed by atoms with E-state index in [9.17, 15) is 4.79 Å². The maximum Gasteiger partial charge on any atom is 0.325 e. The van der Waals surface area contributed by atoms with Crippen molar-refractivity contribution in [2.45, 2.75) is 69.9 Å². The van der Waals surface area contributed by atoms with E-state index in [1.54, 1.807) is 0 Å². The summed E-state index contributed by atoms with van der Waals surface area (Å²) < 4.78 is 0. The van der Waals surface area contributed by atoms with Crippen LogP contribution in [0.1, 0.15) is 75.0 Å². The number of likely N-dealkylation sites (tertiary alicyclic amines) is 1. The SMILES string of the molecule is Cl.N#CCCCN1C(=O)N(C2CCN(CC3CCCCC3)CC2)C(c2ccccc2)c2ccccc21. The zero-order valence-electron chi connectivity index (χ0n) is 21.2. The van der Waals surface area contributed by atoms with Crippen molar-refractivity contribution in [3.63, 3.8) is 0 Å². The van der Waals surface area contributed by atoms with Crippen LogP contribution in [-0.4, -0.2) is 48.1 Å². The van der Waals surface area contributed by atoms with E-state index in [0.29, 0.717) is 19.4 Å². The normalized spacial score (nSPS) is 21.5. The maximum absolute atomic E-state index is 14.1. The van der Waals surface area contributed by atoms with Crippen molar-refractivity contribution < 1.29 is 4.79 Å². The molecule has 2 aliphatic heterocycles. The molecule has 2 aromatic rings. The highest BCUT2D eigenvalue weighted by atomic mass is 35.5. The lowest BCUT2D eigenvalue weighted by molar-refractivity contribution is 0.0927. The van der Waals surface area contributed by atoms with Crippen molar-refractivity contribution in [2.75, 3.05) is 31.1 Å². The molecule has 0 aromatic heterocycles. The first-order chi connectivity index (χ1) is 17.3. The number of carbonyl (C=O) groups is 1. The summed E-state index contributed by atoms with van der Waals surface area (Å²) in [5.41, 5.74) is 3.37. The van der Waals surface area contributed by atoms with Gasteiger partial charge < -0.3 is 9.80 Å². The van der Waals surface area contributed by atoms with Crippen LogP contribution in [-0.2, 0) is 0 Å². The lowest BCUT2D eigenvalue weighted by Gasteiger charge is -2.48. The van der Waals surface area contributed by atoms with E-state index in [-0.39, 0.29) is 30.5 Å².